The highest BCUT2D eigenvalue weighted by Crippen LogP contribution is 2.28. The molecule has 9 heteroatoms. The molecular formula is C18H17ClN4O3S. The highest BCUT2D eigenvalue weighted by Gasteiger charge is 2.15. The molecule has 3 aromatic rings. The van der Waals surface area contributed by atoms with E-state index in [0.717, 1.165) is 22.1 Å². The molecule has 2 aromatic carbocycles. The summed E-state index contributed by atoms with van der Waals surface area (Å²) in [6.45, 7) is 1.11. The van der Waals surface area contributed by atoms with Crippen molar-refractivity contribution >= 4 is 29.1 Å². The first-order valence-corrected chi connectivity index (χ1v) is 9.49. The van der Waals surface area contributed by atoms with Crippen LogP contribution in [0.2, 0.25) is 5.02 Å². The number of methoxy groups -OCH3 is 1. The average Bonchev–Trinajstić information content (AvgIpc) is 3.08. The van der Waals surface area contributed by atoms with Crippen molar-refractivity contribution in [1.29, 1.82) is 0 Å². The van der Waals surface area contributed by atoms with E-state index in [1.54, 1.807) is 19.2 Å². The van der Waals surface area contributed by atoms with E-state index < -0.39 is 4.92 Å². The smallest absolute Gasteiger partial charge is 0.269 e. The third-order valence-electron chi connectivity index (χ3n) is 3.83. The number of benzene rings is 2. The van der Waals surface area contributed by atoms with Crippen LogP contribution in [0.5, 0.6) is 0 Å². The van der Waals surface area contributed by atoms with Gasteiger partial charge in [0.15, 0.2) is 11.0 Å². The fourth-order valence-corrected chi connectivity index (χ4v) is 3.53. The zero-order valence-corrected chi connectivity index (χ0v) is 16.1. The fourth-order valence-electron chi connectivity index (χ4n) is 2.50. The molecule has 140 valence electrons. The van der Waals surface area contributed by atoms with Crippen molar-refractivity contribution in [2.45, 2.75) is 17.5 Å². The quantitative estimate of drug-likeness (QED) is 0.313. The molecule has 27 heavy (non-hydrogen) atoms. The zero-order valence-electron chi connectivity index (χ0n) is 14.5. The first-order valence-electron chi connectivity index (χ1n) is 8.12. The number of halogens is 1. The molecule has 0 unspecified atom stereocenters. The van der Waals surface area contributed by atoms with E-state index in [1.165, 1.54) is 17.8 Å². The minimum atomic E-state index is -0.395. The molecule has 0 radical (unpaired) electrons. The number of hydrogen-bond donors (Lipinski definition) is 0. The number of aromatic nitrogens is 3. The SMILES string of the molecule is COCCn1c(SCc2cccc([N+](=O)[O-])c2)nnc1-c1ccc(Cl)cc1. The van der Waals surface area contributed by atoms with Crippen LogP contribution < -0.4 is 0 Å². The van der Waals surface area contributed by atoms with E-state index in [-0.39, 0.29) is 5.69 Å². The van der Waals surface area contributed by atoms with Gasteiger partial charge in [0.1, 0.15) is 0 Å². The summed E-state index contributed by atoms with van der Waals surface area (Å²) in [5, 5.41) is 20.9. The third kappa shape index (κ3) is 4.85. The van der Waals surface area contributed by atoms with Crippen LogP contribution in [0, 0.1) is 10.1 Å². The molecular weight excluding hydrogens is 388 g/mol. The Hall–Kier alpha value is -2.42. The van der Waals surface area contributed by atoms with Crippen molar-refractivity contribution < 1.29 is 9.66 Å². The standard InChI is InChI=1S/C18H17ClN4O3S/c1-26-10-9-22-17(14-5-7-15(19)8-6-14)20-21-18(22)27-12-13-3-2-4-16(11-13)23(24)25/h2-8,11H,9-10,12H2,1H3. The monoisotopic (exact) mass is 404 g/mol. The molecule has 0 aliphatic carbocycles. The number of ether oxygens (including phenoxy) is 1. The maximum atomic E-state index is 10.9. The van der Waals surface area contributed by atoms with Crippen LogP contribution in [-0.4, -0.2) is 33.4 Å². The molecule has 0 amide bonds. The van der Waals surface area contributed by atoms with Crippen LogP contribution in [0.3, 0.4) is 0 Å². The van der Waals surface area contributed by atoms with Gasteiger partial charge in [0.2, 0.25) is 0 Å². The molecule has 1 heterocycles. The fraction of sp³-hybridized carbons (Fsp3) is 0.222. The van der Waals surface area contributed by atoms with Crippen molar-refractivity contribution in [1.82, 2.24) is 14.8 Å². The summed E-state index contributed by atoms with van der Waals surface area (Å²) in [7, 11) is 1.64. The third-order valence-corrected chi connectivity index (χ3v) is 5.12. The van der Waals surface area contributed by atoms with Gasteiger partial charge in [0.05, 0.1) is 18.1 Å². The second-order valence-electron chi connectivity index (χ2n) is 5.67. The van der Waals surface area contributed by atoms with E-state index in [2.05, 4.69) is 10.2 Å². The van der Waals surface area contributed by atoms with Crippen molar-refractivity contribution in [3.8, 4) is 11.4 Å². The summed E-state index contributed by atoms with van der Waals surface area (Å²) in [6.07, 6.45) is 0. The average molecular weight is 405 g/mol. The largest absolute Gasteiger partial charge is 0.383 e. The summed E-state index contributed by atoms with van der Waals surface area (Å²) in [4.78, 5) is 10.5. The van der Waals surface area contributed by atoms with Crippen molar-refractivity contribution in [3.05, 3.63) is 69.2 Å². The second kappa shape index (κ2) is 8.98. The zero-order chi connectivity index (χ0) is 19.2. The normalized spacial score (nSPS) is 10.9. The van der Waals surface area contributed by atoms with Crippen LogP contribution >= 0.6 is 23.4 Å². The van der Waals surface area contributed by atoms with Gasteiger partial charge in [-0.15, -0.1) is 10.2 Å². The van der Waals surface area contributed by atoms with Crippen molar-refractivity contribution in [2.24, 2.45) is 0 Å². The maximum absolute atomic E-state index is 10.9. The Morgan fingerprint density at radius 2 is 2.00 bits per heavy atom. The predicted molar refractivity (Wildman–Crippen MR) is 105 cm³/mol. The molecule has 0 saturated heterocycles. The summed E-state index contributed by atoms with van der Waals surface area (Å²) in [5.41, 5.74) is 1.84. The van der Waals surface area contributed by atoms with Gasteiger partial charge < -0.3 is 4.74 Å². The summed E-state index contributed by atoms with van der Waals surface area (Å²) in [6, 6.07) is 14.0. The van der Waals surface area contributed by atoms with Crippen LogP contribution in [0.25, 0.3) is 11.4 Å². The van der Waals surface area contributed by atoms with Gasteiger partial charge in [-0.3, -0.25) is 14.7 Å². The summed E-state index contributed by atoms with van der Waals surface area (Å²) < 4.78 is 7.18. The molecule has 0 saturated carbocycles. The number of thioether (sulfide) groups is 1. The Morgan fingerprint density at radius 3 is 2.70 bits per heavy atom. The number of non-ortho nitro benzene ring substituents is 1. The first kappa shape index (κ1) is 19.3. The number of nitrogens with zero attached hydrogens (tertiary/aromatic N) is 4. The van der Waals surface area contributed by atoms with Crippen molar-refractivity contribution in [2.75, 3.05) is 13.7 Å². The first-order chi connectivity index (χ1) is 13.1. The molecule has 0 bridgehead atoms. The van der Waals surface area contributed by atoms with Gasteiger partial charge >= 0.3 is 0 Å². The van der Waals surface area contributed by atoms with E-state index in [9.17, 15) is 10.1 Å². The summed E-state index contributed by atoms with van der Waals surface area (Å²) >= 11 is 7.44. The van der Waals surface area contributed by atoms with Crippen LogP contribution in [0.4, 0.5) is 5.69 Å². The highest BCUT2D eigenvalue weighted by atomic mass is 35.5. The topological polar surface area (TPSA) is 83.1 Å². The number of nitro benzene ring substituents is 1. The van der Waals surface area contributed by atoms with Crippen LogP contribution in [0.1, 0.15) is 5.56 Å². The van der Waals surface area contributed by atoms with Gasteiger partial charge in [0.25, 0.3) is 5.69 Å². The Bertz CT molecular complexity index is 931. The minimum absolute atomic E-state index is 0.0794. The Labute approximate surface area is 165 Å². The van der Waals surface area contributed by atoms with E-state index in [4.69, 9.17) is 16.3 Å². The van der Waals surface area contributed by atoms with E-state index in [0.29, 0.717) is 23.9 Å². The molecule has 0 spiro atoms. The van der Waals surface area contributed by atoms with E-state index >= 15 is 0 Å². The highest BCUT2D eigenvalue weighted by molar-refractivity contribution is 7.98. The lowest BCUT2D eigenvalue weighted by Gasteiger charge is -2.10. The van der Waals surface area contributed by atoms with Gasteiger partial charge in [-0.05, 0) is 29.8 Å². The Balaban J connectivity index is 1.83. The maximum Gasteiger partial charge on any atom is 0.269 e. The minimum Gasteiger partial charge on any atom is -0.383 e. The molecule has 0 atom stereocenters. The lowest BCUT2D eigenvalue weighted by molar-refractivity contribution is -0.384. The molecule has 7 nitrogen and oxygen atoms in total. The Morgan fingerprint density at radius 1 is 1.22 bits per heavy atom. The molecule has 0 aliphatic rings. The van der Waals surface area contributed by atoms with Gasteiger partial charge in [0, 0.05) is 35.6 Å². The number of hydrogen-bond acceptors (Lipinski definition) is 6. The molecule has 3 rings (SSSR count). The lowest BCUT2D eigenvalue weighted by Crippen LogP contribution is -2.07. The van der Waals surface area contributed by atoms with Gasteiger partial charge in [-0.25, -0.2) is 0 Å². The van der Waals surface area contributed by atoms with E-state index in [1.807, 2.05) is 34.9 Å². The van der Waals surface area contributed by atoms with Crippen LogP contribution in [-0.2, 0) is 17.0 Å². The Kier molecular flexibility index (Phi) is 6.44. The summed E-state index contributed by atoms with van der Waals surface area (Å²) in [5.74, 6) is 1.28. The van der Waals surface area contributed by atoms with Gasteiger partial charge in [-0.2, -0.15) is 0 Å². The van der Waals surface area contributed by atoms with Crippen molar-refractivity contribution in [3.63, 3.8) is 0 Å². The predicted octanol–water partition coefficient (Wildman–Crippen LogP) is 4.45. The van der Waals surface area contributed by atoms with Gasteiger partial charge in [-0.1, -0.05) is 35.5 Å². The molecule has 0 fully saturated rings. The lowest BCUT2D eigenvalue weighted by atomic mass is 10.2. The molecule has 0 N–H and O–H groups in total. The molecule has 1 aromatic heterocycles. The number of nitro groups is 1. The number of rotatable bonds is 8. The van der Waals surface area contributed by atoms with Crippen LogP contribution in [0.15, 0.2) is 53.7 Å². The second-order valence-corrected chi connectivity index (χ2v) is 7.05. The molecule has 0 aliphatic heterocycles.